The lowest BCUT2D eigenvalue weighted by Gasteiger charge is -2.33. The maximum absolute atomic E-state index is 14.6. The van der Waals surface area contributed by atoms with Crippen LogP contribution in [-0.2, 0) is 10.3 Å². The molecule has 2 heterocycles. The third-order valence-electron chi connectivity index (χ3n) is 4.99. The molecule has 7 nitrogen and oxygen atoms in total. The van der Waals surface area contributed by atoms with E-state index in [-0.39, 0.29) is 28.5 Å². The molecule has 3 atom stereocenters. The number of aromatic nitrogens is 2. The van der Waals surface area contributed by atoms with E-state index in [9.17, 15) is 18.0 Å². The number of nitrogens with one attached hydrogen (secondary N) is 1. The van der Waals surface area contributed by atoms with Crippen LogP contribution in [0.1, 0.15) is 28.2 Å². The van der Waals surface area contributed by atoms with Crippen LogP contribution in [0.4, 0.5) is 18.9 Å². The standard InChI is InChI=1S/C18H15ClF3N5O2/c1-7-14(26-13(19)6-24-7)15(28)25-8-2-3-11(20)9(4-8)18(16(21)22)10-5-12(10)29-17(23)27-18/h2-4,6,10,12,16H,5H2,1H3,(H2,23,27)(H,25,28)/t10-,12+,18+/m0/s1. The molecule has 152 valence electrons. The van der Waals surface area contributed by atoms with Crippen LogP contribution in [-0.4, -0.2) is 34.4 Å². The predicted octanol–water partition coefficient (Wildman–Crippen LogP) is 3.02. The van der Waals surface area contributed by atoms with Crippen LogP contribution >= 0.6 is 11.6 Å². The van der Waals surface area contributed by atoms with Gasteiger partial charge in [0.1, 0.15) is 17.1 Å². The molecule has 1 fully saturated rings. The number of benzene rings is 1. The lowest BCUT2D eigenvalue weighted by atomic mass is 9.84. The van der Waals surface area contributed by atoms with Crippen molar-refractivity contribution >= 4 is 29.2 Å². The van der Waals surface area contributed by atoms with E-state index in [1.165, 1.54) is 12.3 Å². The molecule has 3 N–H and O–H groups in total. The number of carbonyl (C=O) groups is 1. The first-order valence-electron chi connectivity index (χ1n) is 8.63. The molecule has 1 aromatic heterocycles. The number of ether oxygens (including phenoxy) is 1. The molecule has 1 amide bonds. The molecule has 4 rings (SSSR count). The van der Waals surface area contributed by atoms with E-state index in [1.807, 2.05) is 0 Å². The van der Waals surface area contributed by atoms with E-state index in [4.69, 9.17) is 22.1 Å². The van der Waals surface area contributed by atoms with Gasteiger partial charge in [-0.2, -0.15) is 0 Å². The summed E-state index contributed by atoms with van der Waals surface area (Å²) in [4.78, 5) is 24.2. The van der Waals surface area contributed by atoms with Crippen molar-refractivity contribution in [2.75, 3.05) is 5.32 Å². The fourth-order valence-corrected chi connectivity index (χ4v) is 3.68. The van der Waals surface area contributed by atoms with Crippen molar-refractivity contribution in [2.45, 2.75) is 31.4 Å². The zero-order valence-corrected chi connectivity index (χ0v) is 15.8. The molecular formula is C18H15ClF3N5O2. The van der Waals surface area contributed by atoms with E-state index in [1.54, 1.807) is 6.92 Å². The molecular weight excluding hydrogens is 411 g/mol. The molecule has 29 heavy (non-hydrogen) atoms. The lowest BCUT2D eigenvalue weighted by Crippen LogP contribution is -2.43. The maximum atomic E-state index is 14.6. The van der Waals surface area contributed by atoms with Crippen molar-refractivity contribution in [3.63, 3.8) is 0 Å². The van der Waals surface area contributed by atoms with Gasteiger partial charge in [0.25, 0.3) is 18.4 Å². The van der Waals surface area contributed by atoms with Crippen molar-refractivity contribution in [3.05, 3.63) is 52.3 Å². The Morgan fingerprint density at radius 2 is 2.21 bits per heavy atom. The zero-order valence-electron chi connectivity index (χ0n) is 15.0. The Labute approximate surface area is 168 Å². The first-order chi connectivity index (χ1) is 13.7. The number of hydrogen-bond acceptors (Lipinski definition) is 6. The number of nitrogens with zero attached hydrogens (tertiary/aromatic N) is 3. The minimum absolute atomic E-state index is 0.0176. The monoisotopic (exact) mass is 425 g/mol. The van der Waals surface area contributed by atoms with Gasteiger partial charge in [0.05, 0.1) is 11.9 Å². The van der Waals surface area contributed by atoms with E-state index in [0.717, 1.165) is 12.1 Å². The summed E-state index contributed by atoms with van der Waals surface area (Å²) in [6.45, 7) is 1.56. The van der Waals surface area contributed by atoms with Crippen molar-refractivity contribution < 1.29 is 22.7 Å². The van der Waals surface area contributed by atoms with Crippen LogP contribution < -0.4 is 11.1 Å². The first kappa shape index (κ1) is 19.4. The average molecular weight is 426 g/mol. The molecule has 2 aliphatic rings. The van der Waals surface area contributed by atoms with E-state index < -0.39 is 41.7 Å². The SMILES string of the molecule is Cc1ncc(Cl)nc1C(=O)Nc1ccc(F)c([C@@]2(C(F)F)N=C(N)O[C@@H]3C[C@@H]32)c1. The number of alkyl halides is 2. The summed E-state index contributed by atoms with van der Waals surface area (Å²) in [5, 5.41) is 2.52. The van der Waals surface area contributed by atoms with Crippen LogP contribution in [0.3, 0.4) is 0 Å². The highest BCUT2D eigenvalue weighted by Crippen LogP contribution is 2.56. The Morgan fingerprint density at radius 3 is 2.93 bits per heavy atom. The topological polar surface area (TPSA) is 102 Å². The fourth-order valence-electron chi connectivity index (χ4n) is 3.54. The molecule has 2 aromatic rings. The van der Waals surface area contributed by atoms with Crippen LogP contribution in [0.5, 0.6) is 0 Å². The van der Waals surface area contributed by atoms with Gasteiger partial charge in [-0.15, -0.1) is 0 Å². The third kappa shape index (κ3) is 3.27. The molecule has 11 heteroatoms. The molecule has 1 saturated carbocycles. The minimum Gasteiger partial charge on any atom is -0.462 e. The third-order valence-corrected chi connectivity index (χ3v) is 5.18. The molecule has 1 aromatic carbocycles. The number of amides is 1. The number of fused-ring (bicyclic) bond motifs is 1. The maximum Gasteiger partial charge on any atom is 0.283 e. The number of aliphatic imine (C=N–C) groups is 1. The number of amidine groups is 1. The Kier molecular flexibility index (Phi) is 4.60. The van der Waals surface area contributed by atoms with Crippen molar-refractivity contribution in [3.8, 4) is 0 Å². The van der Waals surface area contributed by atoms with Gasteiger partial charge in [-0.05, 0) is 31.5 Å². The normalized spacial score (nSPS) is 25.1. The molecule has 1 aliphatic carbocycles. The van der Waals surface area contributed by atoms with Gasteiger partial charge in [0, 0.05) is 17.2 Å². The second kappa shape index (κ2) is 6.87. The van der Waals surface area contributed by atoms with E-state index in [2.05, 4.69) is 20.3 Å². The van der Waals surface area contributed by atoms with Gasteiger partial charge in [0.15, 0.2) is 11.2 Å². The number of anilines is 1. The van der Waals surface area contributed by atoms with Crippen LogP contribution in [0.25, 0.3) is 0 Å². The summed E-state index contributed by atoms with van der Waals surface area (Å²) in [6.07, 6.45) is -2.00. The summed E-state index contributed by atoms with van der Waals surface area (Å²) in [5.74, 6) is -2.26. The van der Waals surface area contributed by atoms with Crippen LogP contribution in [0, 0.1) is 18.7 Å². The van der Waals surface area contributed by atoms with E-state index >= 15 is 0 Å². The number of rotatable bonds is 4. The van der Waals surface area contributed by atoms with Gasteiger partial charge in [-0.25, -0.2) is 23.1 Å². The summed E-state index contributed by atoms with van der Waals surface area (Å²) >= 11 is 5.77. The molecule has 0 bridgehead atoms. The number of hydrogen-bond donors (Lipinski definition) is 2. The number of halogens is 4. The summed E-state index contributed by atoms with van der Waals surface area (Å²) < 4.78 is 48.1. The Morgan fingerprint density at radius 1 is 1.45 bits per heavy atom. The van der Waals surface area contributed by atoms with Gasteiger partial charge in [-0.1, -0.05) is 11.6 Å². The smallest absolute Gasteiger partial charge is 0.283 e. The Balaban J connectivity index is 1.72. The number of carbonyl (C=O) groups excluding carboxylic acids is 1. The second-order valence-electron chi connectivity index (χ2n) is 6.85. The second-order valence-corrected chi connectivity index (χ2v) is 7.24. The summed E-state index contributed by atoms with van der Waals surface area (Å²) in [7, 11) is 0. The fraction of sp³-hybridized carbons (Fsp3) is 0.333. The highest BCUT2D eigenvalue weighted by molar-refractivity contribution is 6.29. The van der Waals surface area contributed by atoms with Gasteiger partial charge in [0.2, 0.25) is 0 Å². The quantitative estimate of drug-likeness (QED) is 0.783. The molecule has 1 aliphatic heterocycles. The Bertz CT molecular complexity index is 1030. The highest BCUT2D eigenvalue weighted by atomic mass is 35.5. The summed E-state index contributed by atoms with van der Waals surface area (Å²) in [6, 6.07) is 2.96. The summed E-state index contributed by atoms with van der Waals surface area (Å²) in [5.41, 5.74) is 3.38. The molecule has 0 unspecified atom stereocenters. The zero-order chi connectivity index (χ0) is 20.9. The highest BCUT2D eigenvalue weighted by Gasteiger charge is 2.64. The molecule has 0 radical (unpaired) electrons. The number of nitrogens with two attached hydrogens (primary N) is 1. The lowest BCUT2D eigenvalue weighted by molar-refractivity contribution is 0.0177. The Hall–Kier alpha value is -2.88. The largest absolute Gasteiger partial charge is 0.462 e. The molecule has 0 spiro atoms. The van der Waals surface area contributed by atoms with Crippen LogP contribution in [0.2, 0.25) is 5.15 Å². The molecule has 0 saturated heterocycles. The van der Waals surface area contributed by atoms with Crippen molar-refractivity contribution in [1.29, 1.82) is 0 Å². The minimum atomic E-state index is -3.03. The van der Waals surface area contributed by atoms with Gasteiger partial charge < -0.3 is 15.8 Å². The average Bonchev–Trinajstić information content (AvgIpc) is 3.44. The van der Waals surface area contributed by atoms with Crippen molar-refractivity contribution in [2.24, 2.45) is 16.6 Å². The first-order valence-corrected chi connectivity index (χ1v) is 9.01. The van der Waals surface area contributed by atoms with Gasteiger partial charge >= 0.3 is 0 Å². The number of aryl methyl sites for hydroxylation is 1. The van der Waals surface area contributed by atoms with Crippen molar-refractivity contribution in [1.82, 2.24) is 9.97 Å². The predicted molar refractivity (Wildman–Crippen MR) is 98.4 cm³/mol. The van der Waals surface area contributed by atoms with Gasteiger partial charge in [-0.3, -0.25) is 9.78 Å². The van der Waals surface area contributed by atoms with E-state index in [0.29, 0.717) is 5.69 Å². The van der Waals surface area contributed by atoms with Crippen LogP contribution in [0.15, 0.2) is 29.4 Å².